The summed E-state index contributed by atoms with van der Waals surface area (Å²) in [5.41, 5.74) is 2.70. The molecular formula is C17H18O2. The van der Waals surface area contributed by atoms with Crippen molar-refractivity contribution in [3.8, 4) is 0 Å². The first kappa shape index (κ1) is 12.2. The molecule has 3 rings (SSSR count). The van der Waals surface area contributed by atoms with E-state index >= 15 is 0 Å². The van der Waals surface area contributed by atoms with Gasteiger partial charge in [-0.3, -0.25) is 4.79 Å². The monoisotopic (exact) mass is 254 g/mol. The van der Waals surface area contributed by atoms with Crippen LogP contribution in [0.1, 0.15) is 40.8 Å². The van der Waals surface area contributed by atoms with Gasteiger partial charge in [0.25, 0.3) is 0 Å². The number of furan rings is 1. The zero-order valence-corrected chi connectivity index (χ0v) is 11.2. The van der Waals surface area contributed by atoms with E-state index in [1.54, 1.807) is 0 Å². The minimum atomic E-state index is 0.0748. The van der Waals surface area contributed by atoms with Crippen LogP contribution in [0.4, 0.5) is 0 Å². The summed E-state index contributed by atoms with van der Waals surface area (Å²) >= 11 is 0. The Morgan fingerprint density at radius 2 is 2.00 bits per heavy atom. The fraction of sp³-hybridized carbons (Fsp3) is 0.353. The predicted octanol–water partition coefficient (Wildman–Crippen LogP) is 3.83. The summed E-state index contributed by atoms with van der Waals surface area (Å²) in [4.78, 5) is 12.4. The van der Waals surface area contributed by atoms with Crippen LogP contribution in [0.25, 0.3) is 0 Å². The molecule has 0 amide bonds. The number of hydrogen-bond acceptors (Lipinski definition) is 2. The number of fused-ring (bicyclic) bond motifs is 1. The van der Waals surface area contributed by atoms with Crippen molar-refractivity contribution in [2.24, 2.45) is 5.92 Å². The van der Waals surface area contributed by atoms with E-state index in [1.807, 2.05) is 25.1 Å². The average Bonchev–Trinajstić information content (AvgIpc) is 2.95. The standard InChI is InChI=1S/C17H18O2/c1-2-15-9-10-16(19-15)17(18)14-8-7-12-5-3-4-6-13(12)11-14/h3-6,9-10,14H,2,7-8,11H2,1H3. The lowest BCUT2D eigenvalue weighted by Crippen LogP contribution is -2.22. The lowest BCUT2D eigenvalue weighted by Gasteiger charge is -2.22. The summed E-state index contributed by atoms with van der Waals surface area (Å²) in [6.07, 6.45) is 3.60. The zero-order chi connectivity index (χ0) is 13.2. The first-order valence-electron chi connectivity index (χ1n) is 6.97. The molecule has 1 aliphatic carbocycles. The Hall–Kier alpha value is -1.83. The van der Waals surface area contributed by atoms with E-state index in [2.05, 4.69) is 18.2 Å². The maximum Gasteiger partial charge on any atom is 0.201 e. The third-order valence-electron chi connectivity index (χ3n) is 3.97. The van der Waals surface area contributed by atoms with Gasteiger partial charge in [0, 0.05) is 12.3 Å². The molecule has 1 atom stereocenters. The van der Waals surface area contributed by atoms with Gasteiger partial charge in [-0.15, -0.1) is 0 Å². The highest BCUT2D eigenvalue weighted by molar-refractivity contribution is 5.95. The molecule has 2 heteroatoms. The van der Waals surface area contributed by atoms with Crippen LogP contribution >= 0.6 is 0 Å². The molecular weight excluding hydrogens is 236 g/mol. The molecule has 2 aromatic rings. The zero-order valence-electron chi connectivity index (χ0n) is 11.2. The lowest BCUT2D eigenvalue weighted by atomic mass is 9.81. The molecule has 0 bridgehead atoms. The first-order chi connectivity index (χ1) is 9.28. The van der Waals surface area contributed by atoms with Crippen LogP contribution in [0, 0.1) is 5.92 Å². The number of carbonyl (C=O) groups excluding carboxylic acids is 1. The second-order valence-corrected chi connectivity index (χ2v) is 5.19. The van der Waals surface area contributed by atoms with Crippen molar-refractivity contribution in [2.45, 2.75) is 32.6 Å². The van der Waals surface area contributed by atoms with Gasteiger partial charge in [-0.05, 0) is 42.5 Å². The normalized spacial score (nSPS) is 18.1. The average molecular weight is 254 g/mol. The predicted molar refractivity (Wildman–Crippen MR) is 74.4 cm³/mol. The molecule has 0 fully saturated rings. The molecule has 0 radical (unpaired) electrons. The Morgan fingerprint density at radius 3 is 2.74 bits per heavy atom. The van der Waals surface area contributed by atoms with Gasteiger partial charge >= 0.3 is 0 Å². The van der Waals surface area contributed by atoms with Crippen molar-refractivity contribution in [2.75, 3.05) is 0 Å². The van der Waals surface area contributed by atoms with Crippen molar-refractivity contribution in [3.63, 3.8) is 0 Å². The molecule has 0 spiro atoms. The summed E-state index contributed by atoms with van der Waals surface area (Å²) in [7, 11) is 0. The Bertz CT molecular complexity index is 595. The molecule has 0 N–H and O–H groups in total. The van der Waals surface area contributed by atoms with Gasteiger partial charge in [0.05, 0.1) is 0 Å². The molecule has 2 nitrogen and oxygen atoms in total. The Labute approximate surface area is 113 Å². The van der Waals surface area contributed by atoms with Crippen LogP contribution in [0.2, 0.25) is 0 Å². The number of carbonyl (C=O) groups is 1. The SMILES string of the molecule is CCc1ccc(C(=O)C2CCc3ccccc3C2)o1. The van der Waals surface area contributed by atoms with Crippen LogP contribution < -0.4 is 0 Å². The highest BCUT2D eigenvalue weighted by atomic mass is 16.3. The number of hydrogen-bond donors (Lipinski definition) is 0. The van der Waals surface area contributed by atoms with E-state index in [0.717, 1.165) is 31.4 Å². The van der Waals surface area contributed by atoms with Gasteiger partial charge in [0.1, 0.15) is 5.76 Å². The molecule has 0 saturated heterocycles. The summed E-state index contributed by atoms with van der Waals surface area (Å²) in [6.45, 7) is 2.03. The number of ketones is 1. The van der Waals surface area contributed by atoms with Crippen molar-refractivity contribution in [3.05, 3.63) is 59.0 Å². The van der Waals surface area contributed by atoms with E-state index in [1.165, 1.54) is 11.1 Å². The molecule has 1 aromatic carbocycles. The van der Waals surface area contributed by atoms with Crippen molar-refractivity contribution >= 4 is 5.78 Å². The topological polar surface area (TPSA) is 30.2 Å². The molecule has 0 aliphatic heterocycles. The van der Waals surface area contributed by atoms with Crippen molar-refractivity contribution in [1.82, 2.24) is 0 Å². The van der Waals surface area contributed by atoms with Crippen molar-refractivity contribution in [1.29, 1.82) is 0 Å². The lowest BCUT2D eigenvalue weighted by molar-refractivity contribution is 0.0878. The number of benzene rings is 1. The summed E-state index contributed by atoms with van der Waals surface area (Å²) in [5, 5.41) is 0. The minimum absolute atomic E-state index is 0.0748. The van der Waals surface area contributed by atoms with Gasteiger partial charge < -0.3 is 4.42 Å². The summed E-state index contributed by atoms with van der Waals surface area (Å²) in [5.74, 6) is 1.65. The van der Waals surface area contributed by atoms with Gasteiger partial charge in [-0.1, -0.05) is 31.2 Å². The van der Waals surface area contributed by atoms with E-state index in [9.17, 15) is 4.79 Å². The Kier molecular flexibility index (Phi) is 3.24. The molecule has 1 unspecified atom stereocenters. The van der Waals surface area contributed by atoms with E-state index < -0.39 is 0 Å². The summed E-state index contributed by atoms with van der Waals surface area (Å²) < 4.78 is 5.59. The second-order valence-electron chi connectivity index (χ2n) is 5.19. The van der Waals surface area contributed by atoms with Crippen LogP contribution in [0.5, 0.6) is 0 Å². The first-order valence-corrected chi connectivity index (χ1v) is 6.97. The number of aryl methyl sites for hydroxylation is 2. The maximum atomic E-state index is 12.4. The molecule has 1 heterocycles. The fourth-order valence-corrected chi connectivity index (χ4v) is 2.82. The van der Waals surface area contributed by atoms with Crippen LogP contribution in [0.3, 0.4) is 0 Å². The van der Waals surface area contributed by atoms with Crippen LogP contribution in [-0.4, -0.2) is 5.78 Å². The molecule has 0 saturated carbocycles. The Balaban J connectivity index is 1.79. The highest BCUT2D eigenvalue weighted by Crippen LogP contribution is 2.28. The highest BCUT2D eigenvalue weighted by Gasteiger charge is 2.27. The minimum Gasteiger partial charge on any atom is -0.458 e. The van der Waals surface area contributed by atoms with Gasteiger partial charge in [-0.2, -0.15) is 0 Å². The summed E-state index contributed by atoms with van der Waals surface area (Å²) in [6, 6.07) is 12.1. The smallest absolute Gasteiger partial charge is 0.201 e. The third kappa shape index (κ3) is 2.35. The molecule has 1 aliphatic rings. The van der Waals surface area contributed by atoms with Gasteiger partial charge in [0.15, 0.2) is 5.76 Å². The third-order valence-corrected chi connectivity index (χ3v) is 3.97. The largest absolute Gasteiger partial charge is 0.458 e. The molecule has 98 valence electrons. The van der Waals surface area contributed by atoms with Crippen LogP contribution in [0.15, 0.2) is 40.8 Å². The fourth-order valence-electron chi connectivity index (χ4n) is 2.82. The Morgan fingerprint density at radius 1 is 1.21 bits per heavy atom. The van der Waals surface area contributed by atoms with Gasteiger partial charge in [-0.25, -0.2) is 0 Å². The van der Waals surface area contributed by atoms with Crippen molar-refractivity contribution < 1.29 is 9.21 Å². The van der Waals surface area contributed by atoms with E-state index in [0.29, 0.717) is 5.76 Å². The number of rotatable bonds is 3. The van der Waals surface area contributed by atoms with Gasteiger partial charge in [0.2, 0.25) is 5.78 Å². The maximum absolute atomic E-state index is 12.4. The molecule has 19 heavy (non-hydrogen) atoms. The molecule has 1 aromatic heterocycles. The van der Waals surface area contributed by atoms with E-state index in [4.69, 9.17) is 4.42 Å². The number of Topliss-reactive ketones (excluding diaryl/α,β-unsaturated/α-hetero) is 1. The van der Waals surface area contributed by atoms with Crippen LogP contribution in [-0.2, 0) is 19.3 Å². The second kappa shape index (κ2) is 5.04. The quantitative estimate of drug-likeness (QED) is 0.779. The van der Waals surface area contributed by atoms with E-state index in [-0.39, 0.29) is 11.7 Å².